The normalized spacial score (nSPS) is 20.7. The predicted molar refractivity (Wildman–Crippen MR) is 94.9 cm³/mol. The van der Waals surface area contributed by atoms with Crippen molar-refractivity contribution in [3.8, 4) is 0 Å². The molecule has 1 amide bonds. The van der Waals surface area contributed by atoms with E-state index in [9.17, 15) is 9.90 Å². The molecule has 5 heteroatoms. The Morgan fingerprint density at radius 2 is 2.00 bits per heavy atom. The Morgan fingerprint density at radius 3 is 2.76 bits per heavy atom. The molecule has 2 heterocycles. The second kappa shape index (κ2) is 6.61. The summed E-state index contributed by atoms with van der Waals surface area (Å²) in [5.74, 6) is 0.0474. The molecule has 5 nitrogen and oxygen atoms in total. The van der Waals surface area contributed by atoms with Crippen LogP contribution in [0.25, 0.3) is 10.9 Å². The third-order valence-corrected chi connectivity index (χ3v) is 4.80. The van der Waals surface area contributed by atoms with Crippen molar-refractivity contribution in [3.63, 3.8) is 0 Å². The average Bonchev–Trinajstić information content (AvgIpc) is 2.64. The fourth-order valence-electron chi connectivity index (χ4n) is 3.36. The van der Waals surface area contributed by atoms with Crippen molar-refractivity contribution < 1.29 is 9.90 Å². The Kier molecular flexibility index (Phi) is 4.15. The zero-order chi connectivity index (χ0) is 17.2. The molecular weight excluding hydrogens is 314 g/mol. The highest BCUT2D eigenvalue weighted by molar-refractivity contribution is 5.94. The number of carbonyl (C=O) groups excluding carboxylic acids is 1. The molecule has 0 spiro atoms. The number of amides is 1. The van der Waals surface area contributed by atoms with Crippen LogP contribution in [0.5, 0.6) is 0 Å². The third-order valence-electron chi connectivity index (χ3n) is 4.80. The molecule has 0 radical (unpaired) electrons. The SMILES string of the molecule is O=C(N[C@H](c1cnc2ccccc2c1)C1CC(O)C1)c1cccnc1. The van der Waals surface area contributed by atoms with Gasteiger partial charge in [0.15, 0.2) is 0 Å². The Morgan fingerprint density at radius 1 is 1.16 bits per heavy atom. The molecular formula is C20H19N3O2. The summed E-state index contributed by atoms with van der Waals surface area (Å²) in [4.78, 5) is 21.1. The molecule has 3 aromatic rings. The van der Waals surface area contributed by atoms with Crippen LogP contribution in [0.15, 0.2) is 61.1 Å². The number of benzene rings is 1. The van der Waals surface area contributed by atoms with E-state index in [4.69, 9.17) is 0 Å². The number of aliphatic hydroxyl groups is 1. The molecule has 2 aromatic heterocycles. The second-order valence-corrected chi connectivity index (χ2v) is 6.54. The van der Waals surface area contributed by atoms with E-state index in [0.717, 1.165) is 16.5 Å². The summed E-state index contributed by atoms with van der Waals surface area (Å²) < 4.78 is 0. The summed E-state index contributed by atoms with van der Waals surface area (Å²) in [6, 6.07) is 13.3. The van der Waals surface area contributed by atoms with Crippen LogP contribution in [-0.2, 0) is 0 Å². The van der Waals surface area contributed by atoms with Crippen LogP contribution in [0.3, 0.4) is 0 Å². The molecule has 1 saturated carbocycles. The molecule has 1 aliphatic carbocycles. The molecule has 126 valence electrons. The van der Waals surface area contributed by atoms with E-state index in [0.29, 0.717) is 18.4 Å². The molecule has 0 unspecified atom stereocenters. The van der Waals surface area contributed by atoms with Gasteiger partial charge in [-0.25, -0.2) is 0 Å². The van der Waals surface area contributed by atoms with Crippen LogP contribution in [-0.4, -0.2) is 27.1 Å². The molecule has 0 bridgehead atoms. The van der Waals surface area contributed by atoms with Crippen molar-refractivity contribution in [2.75, 3.05) is 0 Å². The highest BCUT2D eigenvalue weighted by atomic mass is 16.3. The zero-order valence-corrected chi connectivity index (χ0v) is 13.7. The van der Waals surface area contributed by atoms with Crippen molar-refractivity contribution in [3.05, 3.63) is 72.2 Å². The first-order valence-electron chi connectivity index (χ1n) is 8.44. The van der Waals surface area contributed by atoms with Gasteiger partial charge in [0.05, 0.1) is 23.2 Å². The van der Waals surface area contributed by atoms with Crippen LogP contribution >= 0.6 is 0 Å². The minimum Gasteiger partial charge on any atom is -0.393 e. The van der Waals surface area contributed by atoms with E-state index in [-0.39, 0.29) is 24.0 Å². The third kappa shape index (κ3) is 3.23. The minimum absolute atomic E-state index is 0.160. The number of para-hydroxylation sites is 1. The zero-order valence-electron chi connectivity index (χ0n) is 13.7. The van der Waals surface area contributed by atoms with Crippen LogP contribution in [0, 0.1) is 5.92 Å². The van der Waals surface area contributed by atoms with Crippen LogP contribution in [0.4, 0.5) is 0 Å². The number of nitrogens with one attached hydrogen (secondary N) is 1. The average molecular weight is 333 g/mol. The van der Waals surface area contributed by atoms with Crippen molar-refractivity contribution in [1.29, 1.82) is 0 Å². The number of aliphatic hydroxyl groups excluding tert-OH is 1. The lowest BCUT2D eigenvalue weighted by Gasteiger charge is -2.38. The van der Waals surface area contributed by atoms with Gasteiger partial charge in [-0.2, -0.15) is 0 Å². The quantitative estimate of drug-likeness (QED) is 0.770. The Bertz CT molecular complexity index is 892. The van der Waals surface area contributed by atoms with Gasteiger partial charge in [-0.15, -0.1) is 0 Å². The van der Waals surface area contributed by atoms with Gasteiger partial charge in [0.25, 0.3) is 5.91 Å². The van der Waals surface area contributed by atoms with Crippen molar-refractivity contribution >= 4 is 16.8 Å². The van der Waals surface area contributed by atoms with Gasteiger partial charge < -0.3 is 10.4 Å². The van der Waals surface area contributed by atoms with E-state index in [1.54, 1.807) is 24.5 Å². The lowest BCUT2D eigenvalue weighted by atomic mass is 9.75. The monoisotopic (exact) mass is 333 g/mol. The molecule has 4 rings (SSSR count). The summed E-state index contributed by atoms with van der Waals surface area (Å²) in [5, 5.41) is 13.8. The number of carbonyl (C=O) groups is 1. The van der Waals surface area contributed by atoms with Crippen molar-refractivity contribution in [2.24, 2.45) is 5.92 Å². The minimum atomic E-state index is -0.281. The van der Waals surface area contributed by atoms with E-state index in [2.05, 4.69) is 21.4 Å². The van der Waals surface area contributed by atoms with Gasteiger partial charge in [0.1, 0.15) is 0 Å². The largest absolute Gasteiger partial charge is 0.393 e. The first kappa shape index (κ1) is 15.7. The summed E-state index contributed by atoms with van der Waals surface area (Å²) in [6.07, 6.45) is 6.11. The van der Waals surface area contributed by atoms with Gasteiger partial charge in [-0.1, -0.05) is 18.2 Å². The Hall–Kier alpha value is -2.79. The number of aromatic nitrogens is 2. The predicted octanol–water partition coefficient (Wildman–Crippen LogP) is 2.87. The number of pyridine rings is 2. The molecule has 0 saturated heterocycles. The first-order valence-corrected chi connectivity index (χ1v) is 8.44. The molecule has 1 atom stereocenters. The van der Waals surface area contributed by atoms with Gasteiger partial charge in [0, 0.05) is 24.0 Å². The lowest BCUT2D eigenvalue weighted by Crippen LogP contribution is -2.41. The van der Waals surface area contributed by atoms with E-state index in [1.807, 2.05) is 30.5 Å². The highest BCUT2D eigenvalue weighted by Crippen LogP contribution is 2.38. The summed E-state index contributed by atoms with van der Waals surface area (Å²) in [6.45, 7) is 0. The van der Waals surface area contributed by atoms with Gasteiger partial charge in [0.2, 0.25) is 0 Å². The number of nitrogens with zero attached hydrogens (tertiary/aromatic N) is 2. The summed E-state index contributed by atoms with van der Waals surface area (Å²) in [5.41, 5.74) is 2.42. The summed E-state index contributed by atoms with van der Waals surface area (Å²) >= 11 is 0. The molecule has 0 aliphatic heterocycles. The van der Waals surface area contributed by atoms with Crippen molar-refractivity contribution in [2.45, 2.75) is 25.0 Å². The Labute approximate surface area is 145 Å². The lowest BCUT2D eigenvalue weighted by molar-refractivity contribution is 0.0235. The molecule has 2 N–H and O–H groups in total. The molecule has 1 aromatic carbocycles. The van der Waals surface area contributed by atoms with Crippen molar-refractivity contribution in [1.82, 2.24) is 15.3 Å². The summed E-state index contributed by atoms with van der Waals surface area (Å²) in [7, 11) is 0. The van der Waals surface area contributed by atoms with E-state index in [1.165, 1.54) is 0 Å². The number of rotatable bonds is 4. The fraction of sp³-hybridized carbons (Fsp3) is 0.250. The van der Waals surface area contributed by atoms with Gasteiger partial charge >= 0.3 is 0 Å². The van der Waals surface area contributed by atoms with Gasteiger partial charge in [-0.05, 0) is 48.6 Å². The van der Waals surface area contributed by atoms with Gasteiger partial charge in [-0.3, -0.25) is 14.8 Å². The molecule has 25 heavy (non-hydrogen) atoms. The maximum absolute atomic E-state index is 12.6. The number of hydrogen-bond acceptors (Lipinski definition) is 4. The second-order valence-electron chi connectivity index (χ2n) is 6.54. The van der Waals surface area contributed by atoms with E-state index >= 15 is 0 Å². The Balaban J connectivity index is 1.64. The fourth-order valence-corrected chi connectivity index (χ4v) is 3.36. The smallest absolute Gasteiger partial charge is 0.253 e. The first-order chi connectivity index (χ1) is 12.2. The van der Waals surface area contributed by atoms with E-state index < -0.39 is 0 Å². The maximum atomic E-state index is 12.6. The highest BCUT2D eigenvalue weighted by Gasteiger charge is 2.36. The molecule has 1 fully saturated rings. The van der Waals surface area contributed by atoms with Crippen LogP contribution in [0.1, 0.15) is 34.8 Å². The number of fused-ring (bicyclic) bond motifs is 1. The standard InChI is InChI=1S/C20H19N3O2/c24-17-9-15(10-17)19(23-20(25)14-5-3-7-21-11-14)16-8-13-4-1-2-6-18(13)22-12-16/h1-8,11-12,15,17,19,24H,9-10H2,(H,23,25)/t15?,17?,19-/m0/s1. The number of hydrogen-bond donors (Lipinski definition) is 2. The van der Waals surface area contributed by atoms with Crippen LogP contribution < -0.4 is 5.32 Å². The maximum Gasteiger partial charge on any atom is 0.253 e. The molecule has 1 aliphatic rings. The topological polar surface area (TPSA) is 75.1 Å². The van der Waals surface area contributed by atoms with Crippen LogP contribution in [0.2, 0.25) is 0 Å².